The van der Waals surface area contributed by atoms with Crippen LogP contribution in [0.3, 0.4) is 0 Å². The van der Waals surface area contributed by atoms with Gasteiger partial charge >= 0.3 is 5.97 Å². The summed E-state index contributed by atoms with van der Waals surface area (Å²) in [5.74, 6) is 0.241. The van der Waals surface area contributed by atoms with Crippen molar-refractivity contribution in [3.63, 3.8) is 0 Å². The number of carbonyl (C=O) groups excluding carboxylic acids is 1. The molecule has 3 rings (SSSR count). The zero-order valence-electron chi connectivity index (χ0n) is 17.7. The lowest BCUT2D eigenvalue weighted by Crippen LogP contribution is -2.36. The molecule has 0 spiro atoms. The van der Waals surface area contributed by atoms with Gasteiger partial charge in [-0.25, -0.2) is 4.79 Å². The summed E-state index contributed by atoms with van der Waals surface area (Å²) in [5.41, 5.74) is 1.44. The van der Waals surface area contributed by atoms with E-state index >= 15 is 0 Å². The van der Waals surface area contributed by atoms with Gasteiger partial charge in [-0.2, -0.15) is 0 Å². The number of methoxy groups -OCH3 is 1. The van der Waals surface area contributed by atoms with Crippen LogP contribution in [0.2, 0.25) is 0 Å². The molecule has 7 heteroatoms. The van der Waals surface area contributed by atoms with Crippen LogP contribution in [0.5, 0.6) is 5.75 Å². The number of carbonyl (C=O) groups is 2. The molecule has 3 aromatic rings. The standard InChI is InChI=1S/C24H25NO5S/c1-24(2,16-7-6-8-17(13-16)29-3)15-25-22(26)19-9-4-5-10-21(19)31-14-20-18(23(27)28)11-12-30-20/h4-13H,14-15H2,1-3H3,(H,25,26)(H,27,28). The van der Waals surface area contributed by atoms with Crippen LogP contribution in [0.15, 0.2) is 70.2 Å². The summed E-state index contributed by atoms with van der Waals surface area (Å²) in [6, 6.07) is 16.5. The molecule has 0 atom stereocenters. The van der Waals surface area contributed by atoms with Crippen LogP contribution in [-0.2, 0) is 11.2 Å². The predicted molar refractivity (Wildman–Crippen MR) is 120 cm³/mol. The SMILES string of the molecule is COc1cccc(C(C)(C)CNC(=O)c2ccccc2SCc2occc2C(=O)O)c1. The number of carboxylic acids is 1. The van der Waals surface area contributed by atoms with E-state index in [1.54, 1.807) is 13.2 Å². The fourth-order valence-electron chi connectivity index (χ4n) is 3.11. The first-order valence-corrected chi connectivity index (χ1v) is 10.7. The summed E-state index contributed by atoms with van der Waals surface area (Å²) < 4.78 is 10.6. The molecular formula is C24H25NO5S. The van der Waals surface area contributed by atoms with Crippen LogP contribution >= 0.6 is 11.8 Å². The highest BCUT2D eigenvalue weighted by molar-refractivity contribution is 7.98. The second-order valence-electron chi connectivity index (χ2n) is 7.65. The maximum atomic E-state index is 12.9. The summed E-state index contributed by atoms with van der Waals surface area (Å²) in [7, 11) is 1.63. The molecule has 0 saturated heterocycles. The fraction of sp³-hybridized carbons (Fsp3) is 0.250. The van der Waals surface area contributed by atoms with Crippen molar-refractivity contribution in [3.8, 4) is 5.75 Å². The highest BCUT2D eigenvalue weighted by Crippen LogP contribution is 2.29. The third kappa shape index (κ3) is 5.49. The van der Waals surface area contributed by atoms with Gasteiger partial charge in [0, 0.05) is 16.9 Å². The summed E-state index contributed by atoms with van der Waals surface area (Å²) in [6.45, 7) is 4.57. The zero-order chi connectivity index (χ0) is 22.4. The van der Waals surface area contributed by atoms with Crippen molar-refractivity contribution >= 4 is 23.6 Å². The average molecular weight is 440 g/mol. The fourth-order valence-corrected chi connectivity index (χ4v) is 4.11. The Balaban J connectivity index is 1.69. The first-order chi connectivity index (χ1) is 14.8. The van der Waals surface area contributed by atoms with Gasteiger partial charge in [-0.3, -0.25) is 4.79 Å². The summed E-state index contributed by atoms with van der Waals surface area (Å²) in [5, 5.41) is 12.3. The molecule has 31 heavy (non-hydrogen) atoms. The van der Waals surface area contributed by atoms with Crippen LogP contribution in [0.4, 0.5) is 0 Å². The Hall–Kier alpha value is -3.19. The number of amides is 1. The highest BCUT2D eigenvalue weighted by atomic mass is 32.2. The van der Waals surface area contributed by atoms with E-state index in [1.165, 1.54) is 24.1 Å². The second kappa shape index (κ2) is 9.75. The molecule has 162 valence electrons. The number of benzene rings is 2. The third-order valence-electron chi connectivity index (χ3n) is 5.01. The normalized spacial score (nSPS) is 11.2. The largest absolute Gasteiger partial charge is 0.497 e. The van der Waals surface area contributed by atoms with Crippen molar-refractivity contribution in [1.29, 1.82) is 0 Å². The summed E-state index contributed by atoms with van der Waals surface area (Å²) >= 11 is 1.36. The van der Waals surface area contributed by atoms with Gasteiger partial charge in [0.2, 0.25) is 0 Å². The quantitative estimate of drug-likeness (QED) is 0.457. The van der Waals surface area contributed by atoms with Crippen molar-refractivity contribution in [2.75, 3.05) is 13.7 Å². The van der Waals surface area contributed by atoms with E-state index in [0.717, 1.165) is 16.2 Å². The predicted octanol–water partition coefficient (Wildman–Crippen LogP) is 4.99. The van der Waals surface area contributed by atoms with Gasteiger partial charge < -0.3 is 19.6 Å². The third-order valence-corrected chi connectivity index (χ3v) is 6.08. The Labute approximate surface area is 185 Å². The van der Waals surface area contributed by atoms with Crippen LogP contribution < -0.4 is 10.1 Å². The van der Waals surface area contributed by atoms with Crippen molar-refractivity contribution in [3.05, 3.63) is 83.3 Å². The Morgan fingerprint density at radius 3 is 2.61 bits per heavy atom. The minimum absolute atomic E-state index is 0.134. The van der Waals surface area contributed by atoms with E-state index in [9.17, 15) is 14.7 Å². The minimum Gasteiger partial charge on any atom is -0.497 e. The van der Waals surface area contributed by atoms with Crippen LogP contribution in [0, 0.1) is 0 Å². The number of carboxylic acid groups (broad SMARTS) is 1. The van der Waals surface area contributed by atoms with Gasteiger partial charge in [-0.05, 0) is 35.9 Å². The number of rotatable bonds is 9. The monoisotopic (exact) mass is 439 g/mol. The maximum Gasteiger partial charge on any atom is 0.339 e. The zero-order valence-corrected chi connectivity index (χ0v) is 18.5. The molecule has 2 N–H and O–H groups in total. The van der Waals surface area contributed by atoms with E-state index in [2.05, 4.69) is 19.2 Å². The molecule has 1 heterocycles. The summed E-state index contributed by atoms with van der Waals surface area (Å²) in [4.78, 5) is 25.0. The number of hydrogen-bond donors (Lipinski definition) is 2. The van der Waals surface area contributed by atoms with Crippen LogP contribution in [-0.4, -0.2) is 30.6 Å². The van der Waals surface area contributed by atoms with E-state index in [-0.39, 0.29) is 16.9 Å². The number of thioether (sulfide) groups is 1. The smallest absolute Gasteiger partial charge is 0.339 e. The summed E-state index contributed by atoms with van der Waals surface area (Å²) in [6.07, 6.45) is 1.36. The van der Waals surface area contributed by atoms with Gasteiger partial charge in [0.05, 0.1) is 24.7 Å². The van der Waals surface area contributed by atoms with E-state index < -0.39 is 5.97 Å². The highest BCUT2D eigenvalue weighted by Gasteiger charge is 2.23. The van der Waals surface area contributed by atoms with E-state index in [0.29, 0.717) is 23.6 Å². The molecular weight excluding hydrogens is 414 g/mol. The lowest BCUT2D eigenvalue weighted by Gasteiger charge is -2.26. The van der Waals surface area contributed by atoms with Gasteiger partial charge in [-0.15, -0.1) is 11.8 Å². The van der Waals surface area contributed by atoms with Gasteiger partial charge in [0.25, 0.3) is 5.91 Å². The molecule has 0 fully saturated rings. The number of nitrogens with one attached hydrogen (secondary N) is 1. The lowest BCUT2D eigenvalue weighted by molar-refractivity contribution is 0.0694. The molecule has 0 aliphatic carbocycles. The van der Waals surface area contributed by atoms with Crippen LogP contribution in [0.25, 0.3) is 0 Å². The molecule has 0 aliphatic rings. The van der Waals surface area contributed by atoms with Gasteiger partial charge in [-0.1, -0.05) is 38.1 Å². The first kappa shape index (κ1) is 22.5. The Bertz CT molecular complexity index is 1070. The maximum absolute atomic E-state index is 12.9. The molecule has 6 nitrogen and oxygen atoms in total. The number of aromatic carboxylic acids is 1. The molecule has 0 saturated carbocycles. The van der Waals surface area contributed by atoms with Crippen molar-refractivity contribution < 1.29 is 23.8 Å². The van der Waals surface area contributed by atoms with Crippen molar-refractivity contribution in [2.24, 2.45) is 0 Å². The number of hydrogen-bond acceptors (Lipinski definition) is 5. The van der Waals surface area contributed by atoms with E-state index in [4.69, 9.17) is 9.15 Å². The number of furan rings is 1. The Morgan fingerprint density at radius 2 is 1.87 bits per heavy atom. The first-order valence-electron chi connectivity index (χ1n) is 9.76. The Morgan fingerprint density at radius 1 is 1.10 bits per heavy atom. The second-order valence-corrected chi connectivity index (χ2v) is 8.66. The van der Waals surface area contributed by atoms with Gasteiger partial charge in [0.1, 0.15) is 17.1 Å². The number of ether oxygens (including phenoxy) is 1. The van der Waals surface area contributed by atoms with Crippen molar-refractivity contribution in [2.45, 2.75) is 29.9 Å². The molecule has 2 aromatic carbocycles. The molecule has 0 bridgehead atoms. The molecule has 0 aliphatic heterocycles. The van der Waals surface area contributed by atoms with Crippen molar-refractivity contribution in [1.82, 2.24) is 5.32 Å². The molecule has 1 aromatic heterocycles. The lowest BCUT2D eigenvalue weighted by atomic mass is 9.84. The molecule has 0 radical (unpaired) electrons. The topological polar surface area (TPSA) is 88.8 Å². The van der Waals surface area contributed by atoms with Crippen LogP contribution in [0.1, 0.15) is 45.9 Å². The molecule has 1 amide bonds. The average Bonchev–Trinajstić information content (AvgIpc) is 3.25. The minimum atomic E-state index is -1.03. The molecule has 0 unspecified atom stereocenters. The van der Waals surface area contributed by atoms with E-state index in [1.807, 2.05) is 42.5 Å². The Kier molecular flexibility index (Phi) is 7.07. The van der Waals surface area contributed by atoms with Gasteiger partial charge in [0.15, 0.2) is 0 Å².